The topological polar surface area (TPSA) is 87.2 Å². The molecule has 0 radical (unpaired) electrons. The second-order valence-electron chi connectivity index (χ2n) is 5.64. The van der Waals surface area contributed by atoms with Crippen LogP contribution in [0, 0.1) is 3.95 Å². The second kappa shape index (κ2) is 7.28. The molecule has 8 heteroatoms. The Kier molecular flexibility index (Phi) is 5.10. The van der Waals surface area contributed by atoms with Gasteiger partial charge in [-0.3, -0.25) is 4.57 Å². The fraction of sp³-hybridized carbons (Fsp3) is 0.294. The van der Waals surface area contributed by atoms with E-state index in [-0.39, 0.29) is 5.88 Å². The molecule has 130 valence electrons. The molecule has 2 aromatic rings. The van der Waals surface area contributed by atoms with Crippen LogP contribution in [0.2, 0.25) is 0 Å². The molecule has 0 saturated carbocycles. The molecule has 1 atom stereocenters. The highest BCUT2D eigenvalue weighted by Gasteiger charge is 2.25. The molecule has 0 saturated heterocycles. The summed E-state index contributed by atoms with van der Waals surface area (Å²) in [5, 5.41) is 21.5. The van der Waals surface area contributed by atoms with Crippen molar-refractivity contribution in [3.05, 3.63) is 49.6 Å². The third-order valence-corrected chi connectivity index (χ3v) is 5.22. The van der Waals surface area contributed by atoms with Crippen LogP contribution in [-0.4, -0.2) is 20.7 Å². The van der Waals surface area contributed by atoms with Crippen molar-refractivity contribution in [2.24, 2.45) is 9.98 Å². The van der Waals surface area contributed by atoms with Crippen LogP contribution in [0.25, 0.3) is 6.08 Å². The summed E-state index contributed by atoms with van der Waals surface area (Å²) in [6.45, 7) is 1.99. The number of aromatic nitrogens is 1. The zero-order valence-corrected chi connectivity index (χ0v) is 15.2. The zero-order valence-electron chi connectivity index (χ0n) is 13.5. The molecule has 1 aliphatic rings. The standard InChI is InChI=1S/C17H17N3O3S2/c1-2-3-8-12(16(22)23)20-15(21)13(25-17(20)24)9-14-18-10-6-4-5-7-11(10)19-14/h4-7,9,12,21H,2-3,8H2,1H3,(H,22,23). The van der Waals surface area contributed by atoms with Crippen LogP contribution in [0.4, 0.5) is 0 Å². The number of aliphatic carboxylic acids is 1. The summed E-state index contributed by atoms with van der Waals surface area (Å²) in [4.78, 5) is 20.8. The Morgan fingerprint density at radius 3 is 2.56 bits per heavy atom. The average molecular weight is 375 g/mol. The molecular weight excluding hydrogens is 358 g/mol. The van der Waals surface area contributed by atoms with Gasteiger partial charge in [-0.2, -0.15) is 0 Å². The van der Waals surface area contributed by atoms with E-state index < -0.39 is 12.0 Å². The summed E-state index contributed by atoms with van der Waals surface area (Å²) in [5.41, 5.74) is 0. The normalized spacial score (nSPS) is 13.7. The molecule has 0 spiro atoms. The number of benzene rings is 1. The number of carboxylic acids is 1. The molecule has 0 aliphatic carbocycles. The van der Waals surface area contributed by atoms with E-state index in [1.54, 1.807) is 6.08 Å². The highest BCUT2D eigenvalue weighted by Crippen LogP contribution is 2.33. The van der Waals surface area contributed by atoms with Crippen LogP contribution in [0.15, 0.2) is 40.1 Å². The Labute approximate surface area is 153 Å². The minimum absolute atomic E-state index is 0.146. The maximum atomic E-state index is 11.6. The van der Waals surface area contributed by atoms with Gasteiger partial charge in [0.15, 0.2) is 9.78 Å². The SMILES string of the molecule is CCCCC(C(=O)O)n1c(O)c(C=C2N=c3ccccc3=N2)sc1=S. The summed E-state index contributed by atoms with van der Waals surface area (Å²) in [7, 11) is 0. The van der Waals surface area contributed by atoms with E-state index in [0.29, 0.717) is 21.1 Å². The molecule has 3 rings (SSSR count). The first kappa shape index (κ1) is 17.5. The first-order chi connectivity index (χ1) is 12.0. The van der Waals surface area contributed by atoms with Crippen molar-refractivity contribution >= 4 is 35.6 Å². The van der Waals surface area contributed by atoms with Gasteiger partial charge < -0.3 is 10.2 Å². The number of aromatic hydroxyl groups is 1. The lowest BCUT2D eigenvalue weighted by Gasteiger charge is -2.14. The van der Waals surface area contributed by atoms with E-state index in [1.807, 2.05) is 31.2 Å². The largest absolute Gasteiger partial charge is 0.493 e. The van der Waals surface area contributed by atoms with Crippen LogP contribution in [0.1, 0.15) is 37.1 Å². The molecule has 25 heavy (non-hydrogen) atoms. The van der Waals surface area contributed by atoms with Gasteiger partial charge >= 0.3 is 5.97 Å². The van der Waals surface area contributed by atoms with Crippen molar-refractivity contribution in [3.8, 4) is 5.88 Å². The molecule has 0 bridgehead atoms. The van der Waals surface area contributed by atoms with Crippen molar-refractivity contribution in [1.82, 2.24) is 4.57 Å². The number of fused-ring (bicyclic) bond motifs is 1. The van der Waals surface area contributed by atoms with Gasteiger partial charge in [-0.1, -0.05) is 31.9 Å². The van der Waals surface area contributed by atoms with Gasteiger partial charge in [0, 0.05) is 6.08 Å². The second-order valence-corrected chi connectivity index (χ2v) is 7.31. The van der Waals surface area contributed by atoms with Gasteiger partial charge in [0.1, 0.15) is 6.04 Å². The Balaban J connectivity index is 2.00. The van der Waals surface area contributed by atoms with Crippen LogP contribution in [-0.2, 0) is 4.79 Å². The van der Waals surface area contributed by atoms with E-state index in [0.717, 1.165) is 34.9 Å². The Morgan fingerprint density at radius 1 is 1.36 bits per heavy atom. The number of rotatable bonds is 6. The van der Waals surface area contributed by atoms with Gasteiger partial charge in [-0.05, 0) is 30.8 Å². The fourth-order valence-corrected chi connectivity index (χ4v) is 3.97. The van der Waals surface area contributed by atoms with Crippen LogP contribution >= 0.6 is 23.6 Å². The molecule has 1 aromatic heterocycles. The van der Waals surface area contributed by atoms with Gasteiger partial charge in [-0.15, -0.1) is 11.3 Å². The van der Waals surface area contributed by atoms with Gasteiger partial charge in [0.05, 0.1) is 15.6 Å². The van der Waals surface area contributed by atoms with E-state index >= 15 is 0 Å². The molecule has 6 nitrogen and oxygen atoms in total. The number of unbranched alkanes of at least 4 members (excludes halogenated alkanes) is 1. The maximum Gasteiger partial charge on any atom is 0.326 e. The monoisotopic (exact) mass is 375 g/mol. The summed E-state index contributed by atoms with van der Waals surface area (Å²) >= 11 is 6.44. The lowest BCUT2D eigenvalue weighted by Crippen LogP contribution is -2.19. The lowest BCUT2D eigenvalue weighted by molar-refractivity contribution is -0.141. The predicted molar refractivity (Wildman–Crippen MR) is 97.7 cm³/mol. The summed E-state index contributed by atoms with van der Waals surface area (Å²) in [5.74, 6) is -0.688. The maximum absolute atomic E-state index is 11.6. The number of hydrogen-bond donors (Lipinski definition) is 2. The van der Waals surface area contributed by atoms with E-state index in [4.69, 9.17) is 12.2 Å². The summed E-state index contributed by atoms with van der Waals surface area (Å²) in [6, 6.07) is 6.61. The Morgan fingerprint density at radius 2 is 2.00 bits per heavy atom. The molecule has 2 N–H and O–H groups in total. The Bertz CT molecular complexity index is 983. The van der Waals surface area contributed by atoms with Gasteiger partial charge in [0.2, 0.25) is 5.88 Å². The zero-order chi connectivity index (χ0) is 18.0. The highest BCUT2D eigenvalue weighted by atomic mass is 32.1. The number of para-hydroxylation sites is 2. The van der Waals surface area contributed by atoms with Crippen molar-refractivity contribution in [1.29, 1.82) is 0 Å². The molecule has 1 unspecified atom stereocenters. The van der Waals surface area contributed by atoms with Crippen molar-refractivity contribution in [2.45, 2.75) is 32.2 Å². The number of thiazole rings is 1. The molecule has 0 fully saturated rings. The van der Waals surface area contributed by atoms with Crippen molar-refractivity contribution in [3.63, 3.8) is 0 Å². The van der Waals surface area contributed by atoms with Crippen molar-refractivity contribution < 1.29 is 15.0 Å². The summed E-state index contributed by atoms with van der Waals surface area (Å²) in [6.07, 6.45) is 3.66. The molecule has 2 heterocycles. The predicted octanol–water partition coefficient (Wildman–Crippen LogP) is 3.05. The van der Waals surface area contributed by atoms with Gasteiger partial charge in [0.25, 0.3) is 0 Å². The third kappa shape index (κ3) is 3.54. The molecule has 1 aliphatic heterocycles. The van der Waals surface area contributed by atoms with Crippen LogP contribution < -0.4 is 10.7 Å². The number of carbonyl (C=O) groups is 1. The minimum Gasteiger partial charge on any atom is -0.493 e. The van der Waals surface area contributed by atoms with Crippen LogP contribution in [0.5, 0.6) is 5.88 Å². The lowest BCUT2D eigenvalue weighted by atomic mass is 10.1. The number of hydrogen-bond acceptors (Lipinski definition) is 6. The first-order valence-corrected chi connectivity index (χ1v) is 9.15. The molecular formula is C17H17N3O3S2. The number of nitrogens with zero attached hydrogens (tertiary/aromatic N) is 3. The molecule has 1 aromatic carbocycles. The van der Waals surface area contributed by atoms with Crippen molar-refractivity contribution in [2.75, 3.05) is 0 Å². The van der Waals surface area contributed by atoms with E-state index in [1.165, 1.54) is 4.57 Å². The third-order valence-electron chi connectivity index (χ3n) is 3.88. The first-order valence-electron chi connectivity index (χ1n) is 7.92. The van der Waals surface area contributed by atoms with Crippen LogP contribution in [0.3, 0.4) is 0 Å². The average Bonchev–Trinajstić information content (AvgIpc) is 3.10. The smallest absolute Gasteiger partial charge is 0.326 e. The Hall–Kier alpha value is -2.32. The van der Waals surface area contributed by atoms with E-state index in [2.05, 4.69) is 9.98 Å². The van der Waals surface area contributed by atoms with E-state index in [9.17, 15) is 15.0 Å². The fourth-order valence-electron chi connectivity index (χ4n) is 2.63. The minimum atomic E-state index is -1.00. The quantitative estimate of drug-likeness (QED) is 0.760. The summed E-state index contributed by atoms with van der Waals surface area (Å²) < 4.78 is 1.63. The number of carboxylic acid groups (broad SMARTS) is 1. The van der Waals surface area contributed by atoms with Gasteiger partial charge in [-0.25, -0.2) is 14.8 Å². The highest BCUT2D eigenvalue weighted by molar-refractivity contribution is 7.73. The molecule has 0 amide bonds.